The maximum atomic E-state index is 13.0. The second-order valence-electron chi connectivity index (χ2n) is 10.6. The second-order valence-corrected chi connectivity index (χ2v) is 10.6. The molecule has 3 atom stereocenters. The molecule has 1 aliphatic rings. The van der Waals surface area contributed by atoms with Crippen LogP contribution in [0.15, 0.2) is 82.3 Å². The number of nitrogens with one attached hydrogen (secondary N) is 3. The SMILES string of the molecule is CC1=CC=C(C(=N)NC(=O)OC(C)(C)C)C([C@H](NC(=O)OCc2ccccc2)C(O)c2nc3ccccc3o2)C1. The van der Waals surface area contributed by atoms with E-state index in [1.165, 1.54) is 0 Å². The minimum Gasteiger partial charge on any atom is -0.445 e. The van der Waals surface area contributed by atoms with Gasteiger partial charge in [0.1, 0.15) is 23.6 Å². The molecular weight excluding hydrogens is 512 g/mol. The summed E-state index contributed by atoms with van der Waals surface area (Å²) in [6.07, 6.45) is 0.951. The Morgan fingerprint density at radius 2 is 1.80 bits per heavy atom. The number of allylic oxidation sites excluding steroid dienone is 3. The number of aliphatic hydroxyl groups excluding tert-OH is 1. The Bertz CT molecular complexity index is 1400. The Labute approximate surface area is 232 Å². The summed E-state index contributed by atoms with van der Waals surface area (Å²) >= 11 is 0. The van der Waals surface area contributed by atoms with Crippen LogP contribution in [0.3, 0.4) is 0 Å². The topological polar surface area (TPSA) is 147 Å². The molecule has 40 heavy (non-hydrogen) atoms. The molecule has 0 aliphatic heterocycles. The first-order chi connectivity index (χ1) is 19.0. The Morgan fingerprint density at radius 3 is 2.50 bits per heavy atom. The monoisotopic (exact) mass is 546 g/mol. The van der Waals surface area contributed by atoms with Gasteiger partial charge in [0.25, 0.3) is 0 Å². The zero-order valence-corrected chi connectivity index (χ0v) is 22.9. The van der Waals surface area contributed by atoms with Gasteiger partial charge in [-0.2, -0.15) is 0 Å². The largest absolute Gasteiger partial charge is 0.445 e. The molecule has 210 valence electrons. The number of alkyl carbamates (subject to hydrolysis) is 2. The van der Waals surface area contributed by atoms with Gasteiger partial charge in [-0.1, -0.05) is 60.2 Å². The lowest BCUT2D eigenvalue weighted by Gasteiger charge is -2.34. The smallest absolute Gasteiger partial charge is 0.413 e. The van der Waals surface area contributed by atoms with Gasteiger partial charge in [0.05, 0.1) is 6.04 Å². The third-order valence-electron chi connectivity index (χ3n) is 6.24. The lowest BCUT2D eigenvalue weighted by Crippen LogP contribution is -2.48. The fraction of sp³-hybridized carbons (Fsp3) is 0.333. The van der Waals surface area contributed by atoms with Crippen LogP contribution in [-0.4, -0.2) is 39.8 Å². The number of oxazole rings is 1. The first kappa shape index (κ1) is 28.6. The highest BCUT2D eigenvalue weighted by atomic mass is 16.6. The van der Waals surface area contributed by atoms with Crippen LogP contribution < -0.4 is 10.6 Å². The molecule has 1 aliphatic carbocycles. The average Bonchev–Trinajstić information content (AvgIpc) is 3.34. The van der Waals surface area contributed by atoms with E-state index in [-0.39, 0.29) is 18.3 Å². The van der Waals surface area contributed by atoms with Gasteiger partial charge in [0.15, 0.2) is 11.7 Å². The molecule has 0 radical (unpaired) electrons. The summed E-state index contributed by atoms with van der Waals surface area (Å²) in [6.45, 7) is 7.11. The van der Waals surface area contributed by atoms with Gasteiger partial charge in [-0.05, 0) is 57.4 Å². The van der Waals surface area contributed by atoms with Crippen molar-refractivity contribution in [1.29, 1.82) is 5.41 Å². The van der Waals surface area contributed by atoms with E-state index in [9.17, 15) is 14.7 Å². The summed E-state index contributed by atoms with van der Waals surface area (Å²) in [5.74, 6) is -0.841. The summed E-state index contributed by atoms with van der Waals surface area (Å²) in [4.78, 5) is 29.8. The number of rotatable bonds is 7. The van der Waals surface area contributed by atoms with Crippen LogP contribution in [-0.2, 0) is 16.1 Å². The summed E-state index contributed by atoms with van der Waals surface area (Å²) < 4.78 is 16.6. The molecule has 2 amide bonds. The Balaban J connectivity index is 1.61. The molecule has 10 heteroatoms. The predicted molar refractivity (Wildman–Crippen MR) is 150 cm³/mol. The lowest BCUT2D eigenvalue weighted by atomic mass is 9.79. The second kappa shape index (κ2) is 12.2. The van der Waals surface area contributed by atoms with Gasteiger partial charge in [-0.3, -0.25) is 10.7 Å². The van der Waals surface area contributed by atoms with Gasteiger partial charge in [-0.15, -0.1) is 0 Å². The molecule has 4 rings (SSSR count). The third-order valence-corrected chi connectivity index (χ3v) is 6.24. The predicted octanol–water partition coefficient (Wildman–Crippen LogP) is 5.55. The molecule has 1 aromatic heterocycles. The van der Waals surface area contributed by atoms with Gasteiger partial charge >= 0.3 is 12.2 Å². The first-order valence-electron chi connectivity index (χ1n) is 13.0. The fourth-order valence-electron chi connectivity index (χ4n) is 4.42. The van der Waals surface area contributed by atoms with E-state index in [0.29, 0.717) is 23.1 Å². The van der Waals surface area contributed by atoms with Crippen LogP contribution in [0.1, 0.15) is 51.7 Å². The van der Waals surface area contributed by atoms with Crippen molar-refractivity contribution in [3.63, 3.8) is 0 Å². The van der Waals surface area contributed by atoms with Crippen molar-refractivity contribution in [1.82, 2.24) is 15.6 Å². The Kier molecular flexibility index (Phi) is 8.69. The molecule has 1 heterocycles. The molecule has 4 N–H and O–H groups in total. The van der Waals surface area contributed by atoms with Crippen LogP contribution >= 0.6 is 0 Å². The standard InChI is InChI=1S/C30H34N4O6/c1-18-14-15-20(26(31)34-29(37)40-30(2,3)4)21(16-18)24(33-28(36)38-17-19-10-6-5-7-11-19)25(35)27-32-22-12-8-9-13-23(22)39-27/h5-15,21,24-25,35H,16-17H2,1-4H3,(H,33,36)(H2,31,34,37)/t21?,24-,25?/m0/s1. The number of amides is 2. The Hall–Kier alpha value is -4.44. The zero-order chi connectivity index (χ0) is 28.9. The van der Waals surface area contributed by atoms with Gasteiger partial charge in [0, 0.05) is 5.92 Å². The maximum absolute atomic E-state index is 13.0. The fourth-order valence-corrected chi connectivity index (χ4v) is 4.42. The minimum absolute atomic E-state index is 0.00717. The van der Waals surface area contributed by atoms with E-state index in [4.69, 9.17) is 19.3 Å². The molecular formula is C30H34N4O6. The molecule has 0 fully saturated rings. The van der Waals surface area contributed by atoms with E-state index in [2.05, 4.69) is 15.6 Å². The van der Waals surface area contributed by atoms with Crippen molar-refractivity contribution in [2.75, 3.05) is 0 Å². The summed E-state index contributed by atoms with van der Waals surface area (Å²) in [7, 11) is 0. The maximum Gasteiger partial charge on any atom is 0.413 e. The highest BCUT2D eigenvalue weighted by Crippen LogP contribution is 2.35. The van der Waals surface area contributed by atoms with E-state index < -0.39 is 35.9 Å². The van der Waals surface area contributed by atoms with Crippen molar-refractivity contribution >= 4 is 29.1 Å². The van der Waals surface area contributed by atoms with Crippen molar-refractivity contribution in [2.45, 2.75) is 58.5 Å². The van der Waals surface area contributed by atoms with Crippen molar-refractivity contribution < 1.29 is 28.6 Å². The molecule has 2 aromatic carbocycles. The molecule has 0 bridgehead atoms. The number of benzene rings is 2. The normalized spacial score (nSPS) is 16.8. The van der Waals surface area contributed by atoms with Crippen molar-refractivity contribution in [3.8, 4) is 0 Å². The van der Waals surface area contributed by atoms with Crippen LogP contribution in [0.25, 0.3) is 11.1 Å². The third kappa shape index (κ3) is 7.35. The van der Waals surface area contributed by atoms with Gasteiger partial charge in [0.2, 0.25) is 5.89 Å². The number of fused-ring (bicyclic) bond motifs is 1. The highest BCUT2D eigenvalue weighted by molar-refractivity contribution is 6.05. The molecule has 0 saturated heterocycles. The number of carbonyl (C=O) groups excluding carboxylic acids is 2. The number of ether oxygens (including phenoxy) is 2. The quantitative estimate of drug-likeness (QED) is 0.224. The van der Waals surface area contributed by atoms with Crippen LogP contribution in [0, 0.1) is 11.3 Å². The zero-order valence-electron chi connectivity index (χ0n) is 22.9. The van der Waals surface area contributed by atoms with Crippen molar-refractivity contribution in [2.24, 2.45) is 5.92 Å². The molecule has 3 aromatic rings. The summed E-state index contributed by atoms with van der Waals surface area (Å²) in [5, 5.41) is 25.4. The van der Waals surface area contributed by atoms with Crippen LogP contribution in [0.4, 0.5) is 9.59 Å². The van der Waals surface area contributed by atoms with Gasteiger partial charge < -0.3 is 24.3 Å². The van der Waals surface area contributed by atoms with E-state index in [1.54, 1.807) is 51.1 Å². The minimum atomic E-state index is -1.40. The number of hydrogen-bond acceptors (Lipinski definition) is 8. The number of nitrogens with zero attached hydrogens (tertiary/aromatic N) is 1. The summed E-state index contributed by atoms with van der Waals surface area (Å²) in [6, 6.07) is 15.3. The van der Waals surface area contributed by atoms with Crippen molar-refractivity contribution in [3.05, 3.63) is 89.3 Å². The average molecular weight is 547 g/mol. The summed E-state index contributed by atoms with van der Waals surface area (Å²) in [5.41, 5.74) is 2.42. The van der Waals surface area contributed by atoms with Crippen LogP contribution in [0.5, 0.6) is 0 Å². The number of hydrogen-bond donors (Lipinski definition) is 4. The number of aliphatic hydroxyl groups is 1. The van der Waals surface area contributed by atoms with Gasteiger partial charge in [-0.25, -0.2) is 14.6 Å². The Morgan fingerprint density at radius 1 is 1.10 bits per heavy atom. The first-order valence-corrected chi connectivity index (χ1v) is 13.0. The number of para-hydroxylation sites is 2. The lowest BCUT2D eigenvalue weighted by molar-refractivity contribution is 0.0560. The van der Waals surface area contributed by atoms with E-state index >= 15 is 0 Å². The van der Waals surface area contributed by atoms with E-state index in [1.807, 2.05) is 43.3 Å². The molecule has 0 spiro atoms. The van der Waals surface area contributed by atoms with Crippen LogP contribution in [0.2, 0.25) is 0 Å². The molecule has 0 saturated carbocycles. The number of aromatic nitrogens is 1. The number of carbonyl (C=O) groups is 2. The molecule has 10 nitrogen and oxygen atoms in total. The van der Waals surface area contributed by atoms with E-state index in [0.717, 1.165) is 11.1 Å². The highest BCUT2D eigenvalue weighted by Gasteiger charge is 2.38. The number of amidine groups is 1. The molecule has 2 unspecified atom stereocenters.